The molecule has 1 amide bonds. The summed E-state index contributed by atoms with van der Waals surface area (Å²) in [6, 6.07) is 6.38. The Morgan fingerprint density at radius 2 is 1.88 bits per heavy atom. The molecule has 7 nitrogen and oxygen atoms in total. The summed E-state index contributed by atoms with van der Waals surface area (Å²) in [6.07, 6.45) is 0. The number of rotatable bonds is 9. The zero-order valence-electron chi connectivity index (χ0n) is 19.2. The summed E-state index contributed by atoms with van der Waals surface area (Å²) in [6.45, 7) is 7.50. The van der Waals surface area contributed by atoms with Crippen molar-refractivity contribution in [2.24, 2.45) is 0 Å². The highest BCUT2D eigenvalue weighted by molar-refractivity contribution is 7.10. The average Bonchev–Trinajstić information content (AvgIpc) is 3.27. The first-order valence-corrected chi connectivity index (χ1v) is 11.5. The molecule has 1 saturated heterocycles. The van der Waals surface area contributed by atoms with Crippen LogP contribution in [0.15, 0.2) is 35.2 Å². The average molecular weight is 459 g/mol. The van der Waals surface area contributed by atoms with Crippen LogP contribution in [0.4, 0.5) is 0 Å². The van der Waals surface area contributed by atoms with Crippen molar-refractivity contribution in [3.8, 4) is 11.5 Å². The van der Waals surface area contributed by atoms with Crippen LogP contribution in [0.25, 0.3) is 5.76 Å². The Hall–Kier alpha value is -2.84. The van der Waals surface area contributed by atoms with E-state index >= 15 is 0 Å². The number of nitrogens with zero attached hydrogens (tertiary/aromatic N) is 2. The van der Waals surface area contributed by atoms with Crippen LogP contribution >= 0.6 is 11.3 Å². The molecule has 1 aliphatic heterocycles. The number of thiophene rings is 1. The van der Waals surface area contributed by atoms with Gasteiger partial charge in [0.05, 0.1) is 30.4 Å². The van der Waals surface area contributed by atoms with Crippen molar-refractivity contribution >= 4 is 28.8 Å². The first kappa shape index (κ1) is 23.8. The molecule has 1 N–H and O–H groups in total. The van der Waals surface area contributed by atoms with Crippen molar-refractivity contribution in [3.05, 3.63) is 51.2 Å². The summed E-state index contributed by atoms with van der Waals surface area (Å²) in [5.74, 6) is -0.521. The molecule has 1 aliphatic rings. The molecule has 2 aromatic rings. The predicted octanol–water partition coefficient (Wildman–Crippen LogP) is 3.84. The van der Waals surface area contributed by atoms with Crippen LogP contribution in [-0.2, 0) is 9.59 Å². The number of carbonyl (C=O) groups is 2. The van der Waals surface area contributed by atoms with Crippen LogP contribution in [0.3, 0.4) is 0 Å². The highest BCUT2D eigenvalue weighted by Gasteiger charge is 2.47. The molecule has 1 fully saturated rings. The maximum absolute atomic E-state index is 13.1. The molecule has 0 saturated carbocycles. The van der Waals surface area contributed by atoms with E-state index in [0.717, 1.165) is 10.4 Å². The van der Waals surface area contributed by atoms with Crippen LogP contribution in [-0.4, -0.2) is 67.0 Å². The number of ether oxygens (including phenoxy) is 2. The Morgan fingerprint density at radius 1 is 1.16 bits per heavy atom. The molecular weight excluding hydrogens is 428 g/mol. The van der Waals surface area contributed by atoms with Crippen molar-refractivity contribution < 1.29 is 24.2 Å². The fraction of sp³-hybridized carbons (Fsp3) is 0.417. The molecule has 2 heterocycles. The SMILES string of the molecule is CCOc1ccc(/C(O)=C2\C(=O)C(=O)N(CCN(C)C)C2c2sccc2C)c(OCC)c1. The second-order valence-electron chi connectivity index (χ2n) is 7.79. The first-order chi connectivity index (χ1) is 15.3. The van der Waals surface area contributed by atoms with E-state index in [1.807, 2.05) is 51.2 Å². The van der Waals surface area contributed by atoms with Crippen molar-refractivity contribution in [2.75, 3.05) is 40.4 Å². The molecular formula is C24H30N2O5S. The minimum absolute atomic E-state index is 0.0874. The van der Waals surface area contributed by atoms with Gasteiger partial charge in [0.15, 0.2) is 0 Å². The number of aliphatic hydroxyl groups excluding tert-OH is 1. The Bertz CT molecular complexity index is 1030. The largest absolute Gasteiger partial charge is 0.507 e. The minimum atomic E-state index is -0.685. The van der Waals surface area contributed by atoms with Gasteiger partial charge >= 0.3 is 0 Å². The second-order valence-corrected chi connectivity index (χ2v) is 8.74. The van der Waals surface area contributed by atoms with Crippen LogP contribution in [0.1, 0.15) is 35.9 Å². The number of aliphatic hydroxyl groups is 1. The molecule has 1 atom stereocenters. The van der Waals surface area contributed by atoms with E-state index in [0.29, 0.717) is 43.4 Å². The normalized spacial score (nSPS) is 17.9. The standard InChI is InChI=1S/C24H30N2O5S/c1-6-30-16-8-9-17(18(14-16)31-7-2)21(27)19-20(23-15(3)10-13-32-23)26(12-11-25(4)5)24(29)22(19)28/h8-10,13-14,20,27H,6-7,11-12H2,1-5H3/b21-19+. The number of benzene rings is 1. The van der Waals surface area contributed by atoms with Crippen molar-refractivity contribution in [1.29, 1.82) is 0 Å². The van der Waals surface area contributed by atoms with E-state index in [-0.39, 0.29) is 11.3 Å². The fourth-order valence-electron chi connectivity index (χ4n) is 3.73. The number of aryl methyl sites for hydroxylation is 1. The molecule has 3 rings (SSSR count). The highest BCUT2D eigenvalue weighted by Crippen LogP contribution is 2.43. The number of likely N-dealkylation sites (N-methyl/N-ethyl adjacent to an activating group) is 1. The number of likely N-dealkylation sites (tertiary alicyclic amines) is 1. The number of carbonyl (C=O) groups excluding carboxylic acids is 2. The Kier molecular flexibility index (Phi) is 7.58. The predicted molar refractivity (Wildman–Crippen MR) is 125 cm³/mol. The van der Waals surface area contributed by atoms with E-state index in [1.165, 1.54) is 11.3 Å². The second kappa shape index (κ2) is 10.2. The monoisotopic (exact) mass is 458 g/mol. The van der Waals surface area contributed by atoms with Crippen molar-refractivity contribution in [2.45, 2.75) is 26.8 Å². The third kappa shape index (κ3) is 4.66. The lowest BCUT2D eigenvalue weighted by Crippen LogP contribution is -2.35. The molecule has 8 heteroatoms. The van der Waals surface area contributed by atoms with Gasteiger partial charge in [-0.3, -0.25) is 9.59 Å². The van der Waals surface area contributed by atoms with Crippen LogP contribution < -0.4 is 9.47 Å². The molecule has 1 aromatic heterocycles. The fourth-order valence-corrected chi connectivity index (χ4v) is 4.78. The van der Waals surface area contributed by atoms with Crippen LogP contribution in [0, 0.1) is 6.92 Å². The number of hydrogen-bond acceptors (Lipinski definition) is 7. The van der Waals surface area contributed by atoms with E-state index in [9.17, 15) is 14.7 Å². The molecule has 32 heavy (non-hydrogen) atoms. The topological polar surface area (TPSA) is 79.3 Å². The van der Waals surface area contributed by atoms with Gasteiger partial charge in [0.1, 0.15) is 17.3 Å². The lowest BCUT2D eigenvalue weighted by atomic mass is 9.98. The Morgan fingerprint density at radius 3 is 2.47 bits per heavy atom. The number of hydrogen-bond donors (Lipinski definition) is 1. The minimum Gasteiger partial charge on any atom is -0.507 e. The molecule has 0 radical (unpaired) electrons. The van der Waals surface area contributed by atoms with Gasteiger partial charge in [-0.05, 0) is 64.0 Å². The van der Waals surface area contributed by atoms with Crippen molar-refractivity contribution in [1.82, 2.24) is 9.80 Å². The number of Topliss-reactive ketones (excluding diaryl/α,β-unsaturated/α-hetero) is 1. The summed E-state index contributed by atoms with van der Waals surface area (Å²) >= 11 is 1.47. The maximum atomic E-state index is 13.1. The van der Waals surface area contributed by atoms with Gasteiger partial charge in [0, 0.05) is 24.0 Å². The van der Waals surface area contributed by atoms with E-state index in [2.05, 4.69) is 0 Å². The van der Waals surface area contributed by atoms with Gasteiger partial charge in [-0.25, -0.2) is 0 Å². The highest BCUT2D eigenvalue weighted by atomic mass is 32.1. The van der Waals surface area contributed by atoms with E-state index < -0.39 is 17.7 Å². The summed E-state index contributed by atoms with van der Waals surface area (Å²) in [5.41, 5.74) is 1.42. The van der Waals surface area contributed by atoms with Gasteiger partial charge < -0.3 is 24.4 Å². The Labute approximate surface area is 192 Å². The Balaban J connectivity index is 2.17. The zero-order chi connectivity index (χ0) is 23.4. The molecule has 0 spiro atoms. The summed E-state index contributed by atoms with van der Waals surface area (Å²) < 4.78 is 11.3. The number of amides is 1. The van der Waals surface area contributed by atoms with Crippen LogP contribution in [0.2, 0.25) is 0 Å². The smallest absolute Gasteiger partial charge is 0.295 e. The molecule has 0 aliphatic carbocycles. The zero-order valence-corrected chi connectivity index (χ0v) is 20.0. The molecule has 172 valence electrons. The van der Waals surface area contributed by atoms with Gasteiger partial charge in [-0.2, -0.15) is 0 Å². The van der Waals surface area contributed by atoms with E-state index in [1.54, 1.807) is 23.1 Å². The first-order valence-electron chi connectivity index (χ1n) is 10.7. The van der Waals surface area contributed by atoms with Gasteiger partial charge in [-0.15, -0.1) is 11.3 Å². The van der Waals surface area contributed by atoms with Crippen molar-refractivity contribution in [3.63, 3.8) is 0 Å². The number of ketones is 1. The quantitative estimate of drug-likeness (QED) is 0.349. The van der Waals surface area contributed by atoms with E-state index in [4.69, 9.17) is 9.47 Å². The van der Waals surface area contributed by atoms with Gasteiger partial charge in [-0.1, -0.05) is 0 Å². The third-order valence-electron chi connectivity index (χ3n) is 5.30. The third-order valence-corrected chi connectivity index (χ3v) is 6.37. The molecule has 1 aromatic carbocycles. The summed E-state index contributed by atoms with van der Waals surface area (Å²) in [7, 11) is 3.83. The van der Waals surface area contributed by atoms with Gasteiger partial charge in [0.2, 0.25) is 0 Å². The summed E-state index contributed by atoms with van der Waals surface area (Å²) in [5, 5.41) is 13.3. The van der Waals surface area contributed by atoms with Gasteiger partial charge in [0.25, 0.3) is 11.7 Å². The molecule has 1 unspecified atom stereocenters. The lowest BCUT2D eigenvalue weighted by Gasteiger charge is -2.26. The summed E-state index contributed by atoms with van der Waals surface area (Å²) in [4.78, 5) is 30.5. The molecule has 0 bridgehead atoms. The lowest BCUT2D eigenvalue weighted by molar-refractivity contribution is -0.140. The van der Waals surface area contributed by atoms with Crippen LogP contribution in [0.5, 0.6) is 11.5 Å². The maximum Gasteiger partial charge on any atom is 0.295 e.